The molecule has 4 heteroatoms. The summed E-state index contributed by atoms with van der Waals surface area (Å²) < 4.78 is 6.93. The van der Waals surface area contributed by atoms with Crippen molar-refractivity contribution in [3.8, 4) is 5.75 Å². The van der Waals surface area contributed by atoms with Gasteiger partial charge in [0.15, 0.2) is 0 Å². The van der Waals surface area contributed by atoms with E-state index in [4.69, 9.17) is 4.74 Å². The van der Waals surface area contributed by atoms with Crippen molar-refractivity contribution in [2.75, 3.05) is 26.2 Å². The van der Waals surface area contributed by atoms with Crippen LogP contribution in [0.4, 0.5) is 0 Å². The molecule has 154 valence electrons. The summed E-state index contributed by atoms with van der Waals surface area (Å²) in [6, 6.07) is 15.7. The molecular formula is C24H34BrNO2. The van der Waals surface area contributed by atoms with Gasteiger partial charge in [0, 0.05) is 11.0 Å². The summed E-state index contributed by atoms with van der Waals surface area (Å²) in [6.07, 6.45) is 4.03. The number of nitrogens with zero attached hydrogens (tertiary/aromatic N) is 1. The highest BCUT2D eigenvalue weighted by atomic mass is 79.9. The van der Waals surface area contributed by atoms with Gasteiger partial charge in [-0.25, -0.2) is 0 Å². The first kappa shape index (κ1) is 22.9. The summed E-state index contributed by atoms with van der Waals surface area (Å²) in [5.74, 6) is 0.857. The summed E-state index contributed by atoms with van der Waals surface area (Å²) in [4.78, 5) is 2.51. The van der Waals surface area contributed by atoms with Crippen molar-refractivity contribution >= 4 is 15.9 Å². The van der Waals surface area contributed by atoms with Crippen LogP contribution in [0.1, 0.15) is 57.6 Å². The summed E-state index contributed by atoms with van der Waals surface area (Å²) in [5, 5.41) is 11.3. The molecule has 0 spiro atoms. The predicted octanol–water partition coefficient (Wildman–Crippen LogP) is 5.99. The Hall–Kier alpha value is -1.36. The molecule has 2 rings (SSSR count). The number of hydrogen-bond acceptors (Lipinski definition) is 3. The number of rotatable bonds is 12. The van der Waals surface area contributed by atoms with Gasteiger partial charge in [-0.2, -0.15) is 0 Å². The Morgan fingerprint density at radius 1 is 0.857 bits per heavy atom. The first-order chi connectivity index (χ1) is 13.5. The van der Waals surface area contributed by atoms with Gasteiger partial charge in [-0.3, -0.25) is 0 Å². The molecule has 0 bridgehead atoms. The lowest BCUT2D eigenvalue weighted by Crippen LogP contribution is -2.27. The second-order valence-corrected chi connectivity index (χ2v) is 8.20. The van der Waals surface area contributed by atoms with Crippen LogP contribution in [0.5, 0.6) is 5.75 Å². The number of hydrogen-bond donors (Lipinski definition) is 1. The second kappa shape index (κ2) is 11.6. The topological polar surface area (TPSA) is 32.7 Å². The van der Waals surface area contributed by atoms with Crippen LogP contribution in [-0.4, -0.2) is 36.2 Å². The Morgan fingerprint density at radius 2 is 1.39 bits per heavy atom. The summed E-state index contributed by atoms with van der Waals surface area (Å²) in [6.45, 7) is 10.6. The molecule has 0 aliphatic carbocycles. The molecule has 3 nitrogen and oxygen atoms in total. The molecule has 0 aliphatic rings. The van der Waals surface area contributed by atoms with Crippen LogP contribution in [-0.2, 0) is 5.60 Å². The number of ether oxygens (including phenoxy) is 1. The molecular weight excluding hydrogens is 414 g/mol. The van der Waals surface area contributed by atoms with E-state index in [1.54, 1.807) is 0 Å². The smallest absolute Gasteiger partial charge is 0.119 e. The van der Waals surface area contributed by atoms with E-state index < -0.39 is 5.60 Å². The molecule has 1 N–H and O–H groups in total. The standard InChI is InChI=1S/C24H34BrNO2/c1-4-16-26(17-5-2)18-7-19-28-23-14-10-21(11-15-23)24(27,6-3)20-8-12-22(25)13-9-20/h8-15,27H,4-7,16-19H2,1-3H3. The Labute approximate surface area is 178 Å². The third-order valence-corrected chi connectivity index (χ3v) is 5.66. The van der Waals surface area contributed by atoms with Crippen LogP contribution < -0.4 is 4.74 Å². The molecule has 0 radical (unpaired) electrons. The Bertz CT molecular complexity index is 681. The van der Waals surface area contributed by atoms with Crippen LogP contribution in [0.25, 0.3) is 0 Å². The average molecular weight is 448 g/mol. The normalized spacial score (nSPS) is 13.5. The molecule has 0 saturated heterocycles. The second-order valence-electron chi connectivity index (χ2n) is 7.29. The molecule has 0 aliphatic heterocycles. The molecule has 0 aromatic heterocycles. The van der Waals surface area contributed by atoms with E-state index in [0.717, 1.165) is 47.4 Å². The maximum absolute atomic E-state index is 11.3. The van der Waals surface area contributed by atoms with Crippen molar-refractivity contribution in [1.82, 2.24) is 4.90 Å². The van der Waals surface area contributed by atoms with Gasteiger partial charge < -0.3 is 14.7 Å². The fourth-order valence-corrected chi connectivity index (χ4v) is 3.84. The van der Waals surface area contributed by atoms with Gasteiger partial charge in [-0.05, 0) is 74.2 Å². The highest BCUT2D eigenvalue weighted by molar-refractivity contribution is 9.10. The van der Waals surface area contributed by atoms with E-state index in [1.165, 1.54) is 12.8 Å². The summed E-state index contributed by atoms with van der Waals surface area (Å²) in [5.41, 5.74) is 0.806. The van der Waals surface area contributed by atoms with Crippen LogP contribution in [0.2, 0.25) is 0 Å². The maximum Gasteiger partial charge on any atom is 0.119 e. The minimum Gasteiger partial charge on any atom is -0.494 e. The molecule has 0 fully saturated rings. The van der Waals surface area contributed by atoms with Crippen LogP contribution in [0.3, 0.4) is 0 Å². The minimum absolute atomic E-state index is 0.611. The molecule has 1 atom stereocenters. The minimum atomic E-state index is -0.986. The first-order valence-corrected chi connectivity index (χ1v) is 11.3. The van der Waals surface area contributed by atoms with Gasteiger partial charge >= 0.3 is 0 Å². The van der Waals surface area contributed by atoms with Gasteiger partial charge in [-0.1, -0.05) is 61.0 Å². The van der Waals surface area contributed by atoms with Crippen molar-refractivity contribution in [2.45, 2.75) is 52.1 Å². The van der Waals surface area contributed by atoms with Crippen molar-refractivity contribution in [3.05, 3.63) is 64.1 Å². The Morgan fingerprint density at radius 3 is 1.89 bits per heavy atom. The van der Waals surface area contributed by atoms with E-state index in [-0.39, 0.29) is 0 Å². The molecule has 0 amide bonds. The summed E-state index contributed by atoms with van der Waals surface area (Å²) in [7, 11) is 0. The number of benzene rings is 2. The van der Waals surface area contributed by atoms with Gasteiger partial charge in [-0.15, -0.1) is 0 Å². The van der Waals surface area contributed by atoms with E-state index in [0.29, 0.717) is 13.0 Å². The molecule has 28 heavy (non-hydrogen) atoms. The monoisotopic (exact) mass is 447 g/mol. The fourth-order valence-electron chi connectivity index (χ4n) is 3.57. The van der Waals surface area contributed by atoms with Gasteiger partial charge in [0.1, 0.15) is 11.4 Å². The maximum atomic E-state index is 11.3. The molecule has 0 saturated carbocycles. The van der Waals surface area contributed by atoms with Crippen molar-refractivity contribution in [3.63, 3.8) is 0 Å². The Kier molecular flexibility index (Phi) is 9.49. The zero-order chi connectivity index (χ0) is 20.4. The molecule has 1 unspecified atom stereocenters. The fraction of sp³-hybridized carbons (Fsp3) is 0.500. The van der Waals surface area contributed by atoms with Gasteiger partial charge in [0.05, 0.1) is 6.61 Å². The zero-order valence-electron chi connectivity index (χ0n) is 17.5. The average Bonchev–Trinajstić information content (AvgIpc) is 2.72. The van der Waals surface area contributed by atoms with E-state index in [1.807, 2.05) is 55.5 Å². The lowest BCUT2D eigenvalue weighted by Gasteiger charge is -2.28. The lowest BCUT2D eigenvalue weighted by molar-refractivity contribution is 0.0764. The van der Waals surface area contributed by atoms with Crippen molar-refractivity contribution in [1.29, 1.82) is 0 Å². The van der Waals surface area contributed by atoms with E-state index >= 15 is 0 Å². The predicted molar refractivity (Wildman–Crippen MR) is 121 cm³/mol. The summed E-state index contributed by atoms with van der Waals surface area (Å²) >= 11 is 3.45. The van der Waals surface area contributed by atoms with E-state index in [2.05, 4.69) is 34.7 Å². The quantitative estimate of drug-likeness (QED) is 0.405. The van der Waals surface area contributed by atoms with Crippen LogP contribution >= 0.6 is 15.9 Å². The van der Waals surface area contributed by atoms with Gasteiger partial charge in [0.2, 0.25) is 0 Å². The molecule has 2 aromatic carbocycles. The number of aliphatic hydroxyl groups is 1. The SMILES string of the molecule is CCCN(CCC)CCCOc1ccc(C(O)(CC)c2ccc(Br)cc2)cc1. The first-order valence-electron chi connectivity index (χ1n) is 10.5. The zero-order valence-corrected chi connectivity index (χ0v) is 19.0. The lowest BCUT2D eigenvalue weighted by atomic mass is 9.84. The largest absolute Gasteiger partial charge is 0.494 e. The third kappa shape index (κ3) is 6.33. The van der Waals surface area contributed by atoms with E-state index in [9.17, 15) is 5.11 Å². The highest BCUT2D eigenvalue weighted by Crippen LogP contribution is 2.34. The van der Waals surface area contributed by atoms with Gasteiger partial charge in [0.25, 0.3) is 0 Å². The van der Waals surface area contributed by atoms with Crippen molar-refractivity contribution < 1.29 is 9.84 Å². The van der Waals surface area contributed by atoms with Crippen molar-refractivity contribution in [2.24, 2.45) is 0 Å². The Balaban J connectivity index is 1.94. The van der Waals surface area contributed by atoms with Crippen LogP contribution in [0.15, 0.2) is 53.0 Å². The molecule has 0 heterocycles. The molecule has 2 aromatic rings. The van der Waals surface area contributed by atoms with Crippen LogP contribution in [0, 0.1) is 0 Å². The highest BCUT2D eigenvalue weighted by Gasteiger charge is 2.29. The third-order valence-electron chi connectivity index (χ3n) is 5.13. The number of halogens is 1.